The summed E-state index contributed by atoms with van der Waals surface area (Å²) in [5.41, 5.74) is 4.00. The number of fused-ring (bicyclic) bond motifs is 1. The monoisotopic (exact) mass is 516 g/mol. The standard InChI is InChI=1S/C30H36N4O4/c1-6-16-33-25-18-24(32-27(25)28(36)34(17-7-2)29(33)37)20-8-14-23(15-9-20)38-19-26(35)31-22-12-10-21(11-13-22)30(3,4)5/h8-15,18,32H,6-7,16-17,19H2,1-5H3,(H,31,35). The summed E-state index contributed by atoms with van der Waals surface area (Å²) in [5.74, 6) is 0.307. The van der Waals surface area contributed by atoms with Gasteiger partial charge in [0.2, 0.25) is 0 Å². The Balaban J connectivity index is 1.47. The van der Waals surface area contributed by atoms with E-state index in [1.165, 1.54) is 10.1 Å². The smallest absolute Gasteiger partial charge is 0.331 e. The topological polar surface area (TPSA) is 98.1 Å². The van der Waals surface area contributed by atoms with E-state index < -0.39 is 0 Å². The molecule has 0 saturated carbocycles. The lowest BCUT2D eigenvalue weighted by Gasteiger charge is -2.19. The summed E-state index contributed by atoms with van der Waals surface area (Å²) >= 11 is 0. The average molecular weight is 517 g/mol. The molecular weight excluding hydrogens is 480 g/mol. The van der Waals surface area contributed by atoms with Crippen LogP contribution in [-0.2, 0) is 23.3 Å². The van der Waals surface area contributed by atoms with Crippen LogP contribution in [0.4, 0.5) is 5.69 Å². The third-order valence-corrected chi connectivity index (χ3v) is 6.47. The van der Waals surface area contributed by atoms with Gasteiger partial charge in [0.05, 0.1) is 5.52 Å². The van der Waals surface area contributed by atoms with E-state index in [1.807, 2.05) is 56.3 Å². The fraction of sp³-hybridized carbons (Fsp3) is 0.367. The van der Waals surface area contributed by atoms with Gasteiger partial charge in [0.25, 0.3) is 11.5 Å². The lowest BCUT2D eigenvalue weighted by Crippen LogP contribution is -2.39. The minimum absolute atomic E-state index is 0.0501. The van der Waals surface area contributed by atoms with E-state index in [2.05, 4.69) is 31.1 Å². The number of aromatic nitrogens is 3. The molecule has 4 rings (SSSR count). The Hall–Kier alpha value is -4.07. The van der Waals surface area contributed by atoms with Crippen molar-refractivity contribution in [3.63, 3.8) is 0 Å². The highest BCUT2D eigenvalue weighted by Crippen LogP contribution is 2.25. The van der Waals surface area contributed by atoms with Gasteiger partial charge >= 0.3 is 5.69 Å². The van der Waals surface area contributed by atoms with Gasteiger partial charge in [-0.25, -0.2) is 4.79 Å². The van der Waals surface area contributed by atoms with Crippen LogP contribution in [0.5, 0.6) is 5.75 Å². The first kappa shape index (κ1) is 27.0. The van der Waals surface area contributed by atoms with Gasteiger partial charge in [-0.05, 0) is 71.8 Å². The van der Waals surface area contributed by atoms with Gasteiger partial charge < -0.3 is 15.0 Å². The Labute approximate surface area is 222 Å². The van der Waals surface area contributed by atoms with Crippen molar-refractivity contribution in [2.45, 2.75) is 66.0 Å². The molecule has 0 fully saturated rings. The van der Waals surface area contributed by atoms with E-state index >= 15 is 0 Å². The molecule has 0 bridgehead atoms. The molecule has 1 amide bonds. The van der Waals surface area contributed by atoms with Gasteiger partial charge in [-0.15, -0.1) is 0 Å². The van der Waals surface area contributed by atoms with Crippen molar-refractivity contribution in [3.05, 3.63) is 81.0 Å². The first-order valence-electron chi connectivity index (χ1n) is 13.1. The number of hydrogen-bond acceptors (Lipinski definition) is 4. The number of ether oxygens (including phenoxy) is 1. The summed E-state index contributed by atoms with van der Waals surface area (Å²) in [6.45, 7) is 11.2. The molecule has 2 aromatic carbocycles. The minimum Gasteiger partial charge on any atom is -0.484 e. The molecular formula is C30H36N4O4. The second kappa shape index (κ2) is 11.1. The molecule has 0 spiro atoms. The second-order valence-electron chi connectivity index (χ2n) is 10.5. The summed E-state index contributed by atoms with van der Waals surface area (Å²) in [4.78, 5) is 41.5. The summed E-state index contributed by atoms with van der Waals surface area (Å²) in [7, 11) is 0. The molecule has 4 aromatic rings. The molecule has 8 heteroatoms. The highest BCUT2D eigenvalue weighted by atomic mass is 16.5. The first-order chi connectivity index (χ1) is 18.1. The summed E-state index contributed by atoms with van der Waals surface area (Å²) in [5, 5.41) is 2.85. The van der Waals surface area contributed by atoms with Crippen LogP contribution in [0.1, 0.15) is 53.0 Å². The third-order valence-electron chi connectivity index (χ3n) is 6.47. The molecule has 0 aliphatic carbocycles. The van der Waals surface area contributed by atoms with Crippen LogP contribution in [0.2, 0.25) is 0 Å². The molecule has 0 radical (unpaired) electrons. The van der Waals surface area contributed by atoms with Crippen molar-refractivity contribution in [1.82, 2.24) is 14.1 Å². The van der Waals surface area contributed by atoms with Crippen LogP contribution in [-0.4, -0.2) is 26.6 Å². The predicted molar refractivity (Wildman–Crippen MR) is 152 cm³/mol. The van der Waals surface area contributed by atoms with Crippen LogP contribution >= 0.6 is 0 Å². The SMILES string of the molecule is CCCn1c(=O)c2[nH]c(-c3ccc(OCC(=O)Nc4ccc(C(C)(C)C)cc4)cc3)cc2n(CCC)c1=O. The Bertz CT molecular complexity index is 1540. The van der Waals surface area contributed by atoms with Crippen LogP contribution in [0.25, 0.3) is 22.3 Å². The molecule has 0 atom stereocenters. The lowest BCUT2D eigenvalue weighted by molar-refractivity contribution is -0.118. The van der Waals surface area contributed by atoms with E-state index in [-0.39, 0.29) is 29.2 Å². The van der Waals surface area contributed by atoms with Crippen LogP contribution in [0, 0.1) is 0 Å². The van der Waals surface area contributed by atoms with Crippen molar-refractivity contribution < 1.29 is 9.53 Å². The largest absolute Gasteiger partial charge is 0.484 e. The number of carbonyl (C=O) groups is 1. The Morgan fingerprint density at radius 2 is 1.55 bits per heavy atom. The number of carbonyl (C=O) groups excluding carboxylic acids is 1. The quantitative estimate of drug-likeness (QED) is 0.316. The van der Waals surface area contributed by atoms with Crippen molar-refractivity contribution in [3.8, 4) is 17.0 Å². The van der Waals surface area contributed by atoms with E-state index in [0.717, 1.165) is 23.4 Å². The lowest BCUT2D eigenvalue weighted by atomic mass is 9.87. The molecule has 8 nitrogen and oxygen atoms in total. The zero-order valence-electron chi connectivity index (χ0n) is 22.8. The number of hydrogen-bond donors (Lipinski definition) is 2. The van der Waals surface area contributed by atoms with Gasteiger partial charge in [-0.2, -0.15) is 0 Å². The number of H-pyrrole nitrogens is 1. The Kier molecular flexibility index (Phi) is 7.90. The normalized spacial score (nSPS) is 11.6. The predicted octanol–water partition coefficient (Wildman–Crippen LogP) is 5.29. The number of nitrogens with zero attached hydrogens (tertiary/aromatic N) is 2. The summed E-state index contributed by atoms with van der Waals surface area (Å²) < 4.78 is 8.65. The number of aryl methyl sites for hydroxylation is 1. The van der Waals surface area contributed by atoms with Crippen LogP contribution in [0.3, 0.4) is 0 Å². The Morgan fingerprint density at radius 1 is 0.921 bits per heavy atom. The highest BCUT2D eigenvalue weighted by Gasteiger charge is 2.16. The molecule has 0 saturated heterocycles. The molecule has 38 heavy (non-hydrogen) atoms. The zero-order chi connectivity index (χ0) is 27.4. The van der Waals surface area contributed by atoms with Crippen molar-refractivity contribution in [2.24, 2.45) is 0 Å². The summed E-state index contributed by atoms with van der Waals surface area (Å²) in [6.07, 6.45) is 1.48. The summed E-state index contributed by atoms with van der Waals surface area (Å²) in [6, 6.07) is 16.9. The van der Waals surface area contributed by atoms with Gasteiger partial charge in [0, 0.05) is 24.5 Å². The molecule has 2 N–H and O–H groups in total. The van der Waals surface area contributed by atoms with E-state index in [0.29, 0.717) is 36.3 Å². The van der Waals surface area contributed by atoms with Gasteiger partial charge in [0.1, 0.15) is 11.3 Å². The Morgan fingerprint density at radius 3 is 2.16 bits per heavy atom. The molecule has 0 unspecified atom stereocenters. The number of anilines is 1. The number of benzene rings is 2. The molecule has 2 heterocycles. The van der Waals surface area contributed by atoms with Crippen molar-refractivity contribution in [1.29, 1.82) is 0 Å². The fourth-order valence-electron chi connectivity index (χ4n) is 4.44. The van der Waals surface area contributed by atoms with Crippen molar-refractivity contribution in [2.75, 3.05) is 11.9 Å². The van der Waals surface area contributed by atoms with E-state index in [4.69, 9.17) is 4.74 Å². The number of amides is 1. The molecule has 0 aliphatic heterocycles. The highest BCUT2D eigenvalue weighted by molar-refractivity contribution is 5.91. The third kappa shape index (κ3) is 5.74. The van der Waals surface area contributed by atoms with Gasteiger partial charge in [-0.1, -0.05) is 46.8 Å². The second-order valence-corrected chi connectivity index (χ2v) is 10.5. The average Bonchev–Trinajstić information content (AvgIpc) is 3.33. The fourth-order valence-corrected chi connectivity index (χ4v) is 4.44. The first-order valence-corrected chi connectivity index (χ1v) is 13.1. The van der Waals surface area contributed by atoms with E-state index in [9.17, 15) is 14.4 Å². The minimum atomic E-state index is -0.301. The zero-order valence-corrected chi connectivity index (χ0v) is 22.8. The molecule has 0 aliphatic rings. The maximum absolute atomic E-state index is 13.0. The van der Waals surface area contributed by atoms with E-state index in [1.54, 1.807) is 16.7 Å². The number of aromatic amines is 1. The van der Waals surface area contributed by atoms with Gasteiger partial charge in [-0.3, -0.25) is 18.7 Å². The number of rotatable bonds is 9. The van der Waals surface area contributed by atoms with Crippen LogP contribution in [0.15, 0.2) is 64.2 Å². The molecule has 200 valence electrons. The van der Waals surface area contributed by atoms with Crippen molar-refractivity contribution >= 4 is 22.6 Å². The maximum Gasteiger partial charge on any atom is 0.331 e. The van der Waals surface area contributed by atoms with Crippen LogP contribution < -0.4 is 21.3 Å². The van der Waals surface area contributed by atoms with Gasteiger partial charge in [0.15, 0.2) is 6.61 Å². The number of nitrogens with one attached hydrogen (secondary N) is 2. The molecule has 2 aromatic heterocycles. The maximum atomic E-state index is 13.0.